The van der Waals surface area contributed by atoms with Crippen molar-refractivity contribution < 1.29 is 17.9 Å². The Morgan fingerprint density at radius 3 is 2.26 bits per heavy atom. The Morgan fingerprint density at radius 1 is 1.16 bits per heavy atom. The van der Waals surface area contributed by atoms with E-state index in [2.05, 4.69) is 17.0 Å². The van der Waals surface area contributed by atoms with E-state index in [1.54, 1.807) is 12.1 Å². The lowest BCUT2D eigenvalue weighted by atomic mass is 10.0. The van der Waals surface area contributed by atoms with Crippen LogP contribution in [0.5, 0.6) is 5.75 Å². The van der Waals surface area contributed by atoms with Crippen LogP contribution in [-0.4, -0.2) is 19.5 Å². The molecule has 0 aromatic heterocycles. The maximum atomic E-state index is 12.0. The van der Waals surface area contributed by atoms with E-state index in [4.69, 9.17) is 0 Å². The largest absolute Gasteiger partial charge is 0.573 e. The van der Waals surface area contributed by atoms with Gasteiger partial charge >= 0.3 is 6.36 Å². The van der Waals surface area contributed by atoms with Gasteiger partial charge in [0, 0.05) is 6.04 Å². The molecule has 2 nitrogen and oxygen atoms in total. The molecule has 0 bridgehead atoms. The number of nitrogens with one attached hydrogen (secondary N) is 1. The van der Waals surface area contributed by atoms with Crippen LogP contribution in [0.2, 0.25) is 0 Å². The minimum absolute atomic E-state index is 0.171. The van der Waals surface area contributed by atoms with Gasteiger partial charge in [0.1, 0.15) is 5.75 Å². The second-order valence-corrected chi connectivity index (χ2v) is 4.50. The third kappa shape index (κ3) is 6.47. The molecule has 0 radical (unpaired) electrons. The van der Waals surface area contributed by atoms with E-state index < -0.39 is 6.36 Å². The summed E-state index contributed by atoms with van der Waals surface area (Å²) < 4.78 is 39.8. The van der Waals surface area contributed by atoms with Gasteiger partial charge in [-0.15, -0.1) is 13.2 Å². The zero-order valence-corrected chi connectivity index (χ0v) is 11.3. The minimum atomic E-state index is -4.63. The Bertz CT molecular complexity index is 362. The molecule has 0 spiro atoms. The first kappa shape index (κ1) is 15.8. The number of ether oxygens (including phenoxy) is 1. The zero-order chi connectivity index (χ0) is 14.3. The molecule has 0 aliphatic heterocycles. The third-order valence-corrected chi connectivity index (χ3v) is 2.98. The molecule has 0 aliphatic carbocycles. The van der Waals surface area contributed by atoms with Gasteiger partial charge in [-0.2, -0.15) is 0 Å². The molecule has 0 saturated carbocycles. The molecule has 0 aliphatic rings. The van der Waals surface area contributed by atoms with Crippen LogP contribution >= 0.6 is 0 Å². The summed E-state index contributed by atoms with van der Waals surface area (Å²) >= 11 is 0. The molecule has 1 N–H and O–H groups in total. The minimum Gasteiger partial charge on any atom is -0.406 e. The highest BCUT2D eigenvalue weighted by Crippen LogP contribution is 2.23. The van der Waals surface area contributed by atoms with E-state index >= 15 is 0 Å². The molecule has 0 saturated heterocycles. The molecule has 1 aromatic carbocycles. The fraction of sp³-hybridized carbons (Fsp3) is 0.571. The lowest BCUT2D eigenvalue weighted by Gasteiger charge is -2.15. The fourth-order valence-corrected chi connectivity index (χ4v) is 1.98. The van der Waals surface area contributed by atoms with E-state index in [0.29, 0.717) is 6.04 Å². The van der Waals surface area contributed by atoms with Crippen molar-refractivity contribution in [1.82, 2.24) is 5.32 Å². The summed E-state index contributed by atoms with van der Waals surface area (Å²) in [6.07, 6.45) is -0.586. The third-order valence-electron chi connectivity index (χ3n) is 2.98. The monoisotopic (exact) mass is 275 g/mol. The number of halogens is 3. The van der Waals surface area contributed by atoms with Gasteiger partial charge in [-0.1, -0.05) is 25.5 Å². The summed E-state index contributed by atoms with van der Waals surface area (Å²) in [5.74, 6) is -0.171. The number of aryl methyl sites for hydroxylation is 1. The van der Waals surface area contributed by atoms with Crippen molar-refractivity contribution in [3.05, 3.63) is 29.8 Å². The number of hydrogen-bond donors (Lipinski definition) is 1. The molecule has 1 atom stereocenters. The first-order valence-corrected chi connectivity index (χ1v) is 6.46. The van der Waals surface area contributed by atoms with Crippen molar-refractivity contribution in [3.63, 3.8) is 0 Å². The van der Waals surface area contributed by atoms with Crippen molar-refractivity contribution in [1.29, 1.82) is 0 Å². The Hall–Kier alpha value is -1.23. The van der Waals surface area contributed by atoms with Crippen LogP contribution in [0.1, 0.15) is 31.7 Å². The standard InChI is InChI=1S/C14H20F3NO/c1-3-4-12(18-2)8-5-11-6-9-13(10-7-11)19-14(15,16)17/h6-7,9-10,12,18H,3-5,8H2,1-2H3. The van der Waals surface area contributed by atoms with Gasteiger partial charge < -0.3 is 10.1 Å². The fourth-order valence-electron chi connectivity index (χ4n) is 1.98. The van der Waals surface area contributed by atoms with E-state index in [-0.39, 0.29) is 5.75 Å². The topological polar surface area (TPSA) is 21.3 Å². The van der Waals surface area contributed by atoms with E-state index in [0.717, 1.165) is 31.2 Å². The number of alkyl halides is 3. The Labute approximate surface area is 112 Å². The average Bonchev–Trinajstić information content (AvgIpc) is 2.34. The predicted octanol–water partition coefficient (Wildman–Crippen LogP) is 3.91. The molecular weight excluding hydrogens is 255 g/mol. The molecule has 108 valence electrons. The molecular formula is C14H20F3NO. The van der Waals surface area contributed by atoms with Gasteiger partial charge in [-0.25, -0.2) is 0 Å². The molecule has 1 unspecified atom stereocenters. The summed E-state index contributed by atoms with van der Waals surface area (Å²) in [6.45, 7) is 2.13. The lowest BCUT2D eigenvalue weighted by molar-refractivity contribution is -0.274. The van der Waals surface area contributed by atoms with Crippen LogP contribution in [0.4, 0.5) is 13.2 Å². The van der Waals surface area contributed by atoms with Crippen LogP contribution in [0.3, 0.4) is 0 Å². The van der Waals surface area contributed by atoms with E-state index in [1.807, 2.05) is 7.05 Å². The number of rotatable bonds is 7. The van der Waals surface area contributed by atoms with Gasteiger partial charge in [0.2, 0.25) is 0 Å². The van der Waals surface area contributed by atoms with Gasteiger partial charge in [0.15, 0.2) is 0 Å². The van der Waals surface area contributed by atoms with Crippen molar-refractivity contribution in [3.8, 4) is 5.75 Å². The predicted molar refractivity (Wildman–Crippen MR) is 69.2 cm³/mol. The lowest BCUT2D eigenvalue weighted by Crippen LogP contribution is -2.25. The van der Waals surface area contributed by atoms with Crippen LogP contribution in [0.25, 0.3) is 0 Å². The van der Waals surface area contributed by atoms with Gasteiger partial charge in [0.25, 0.3) is 0 Å². The van der Waals surface area contributed by atoms with Crippen LogP contribution in [0.15, 0.2) is 24.3 Å². The second-order valence-electron chi connectivity index (χ2n) is 4.50. The average molecular weight is 275 g/mol. The van der Waals surface area contributed by atoms with Crippen LogP contribution < -0.4 is 10.1 Å². The maximum Gasteiger partial charge on any atom is 0.573 e. The quantitative estimate of drug-likeness (QED) is 0.814. The molecule has 1 aromatic rings. The molecule has 1 rings (SSSR count). The van der Waals surface area contributed by atoms with Crippen molar-refractivity contribution >= 4 is 0 Å². The number of hydrogen-bond acceptors (Lipinski definition) is 2. The zero-order valence-electron chi connectivity index (χ0n) is 11.3. The van der Waals surface area contributed by atoms with Crippen molar-refractivity contribution in [2.24, 2.45) is 0 Å². The Morgan fingerprint density at radius 2 is 1.79 bits per heavy atom. The molecule has 0 fully saturated rings. The summed E-state index contributed by atoms with van der Waals surface area (Å²) in [5.41, 5.74) is 1.02. The van der Waals surface area contributed by atoms with Crippen LogP contribution in [0, 0.1) is 0 Å². The summed E-state index contributed by atoms with van der Waals surface area (Å²) in [6, 6.07) is 6.53. The molecule has 19 heavy (non-hydrogen) atoms. The smallest absolute Gasteiger partial charge is 0.406 e. The van der Waals surface area contributed by atoms with Gasteiger partial charge in [-0.05, 0) is 44.0 Å². The van der Waals surface area contributed by atoms with Gasteiger partial charge in [-0.3, -0.25) is 0 Å². The van der Waals surface area contributed by atoms with Gasteiger partial charge in [0.05, 0.1) is 0 Å². The summed E-state index contributed by atoms with van der Waals surface area (Å²) in [7, 11) is 1.93. The first-order chi connectivity index (χ1) is 8.94. The molecule has 0 heterocycles. The highest BCUT2D eigenvalue weighted by molar-refractivity contribution is 5.27. The van der Waals surface area contributed by atoms with Crippen molar-refractivity contribution in [2.45, 2.75) is 45.0 Å². The van der Waals surface area contributed by atoms with Crippen molar-refractivity contribution in [2.75, 3.05) is 7.05 Å². The van der Waals surface area contributed by atoms with Crippen LogP contribution in [-0.2, 0) is 6.42 Å². The first-order valence-electron chi connectivity index (χ1n) is 6.46. The Kier molecular flexibility index (Phi) is 6.15. The van der Waals surface area contributed by atoms with E-state index in [9.17, 15) is 13.2 Å². The molecule has 5 heteroatoms. The SMILES string of the molecule is CCCC(CCc1ccc(OC(F)(F)F)cc1)NC. The summed E-state index contributed by atoms with van der Waals surface area (Å²) in [4.78, 5) is 0. The highest BCUT2D eigenvalue weighted by atomic mass is 19.4. The highest BCUT2D eigenvalue weighted by Gasteiger charge is 2.30. The molecule has 0 amide bonds. The normalized spacial score (nSPS) is 13.3. The Balaban J connectivity index is 2.48. The number of benzene rings is 1. The maximum absolute atomic E-state index is 12.0. The summed E-state index contributed by atoms with van der Waals surface area (Å²) in [5, 5.41) is 3.24. The second kappa shape index (κ2) is 7.38. The van der Waals surface area contributed by atoms with E-state index in [1.165, 1.54) is 12.1 Å².